The smallest absolute Gasteiger partial charge is 0.306 e. The van der Waals surface area contributed by atoms with Gasteiger partial charge in [0.15, 0.2) is 0 Å². The normalized spacial score (nSPS) is 19.7. The third kappa shape index (κ3) is 6.84. The van der Waals surface area contributed by atoms with Gasteiger partial charge in [0.25, 0.3) is 0 Å². The standard InChI is InChI=1S/C13H17NO2.C6H11NO2/c15-13(16)12-6-8-14(9-7-12)10-11-4-2-1-3-5-11;8-6(9)5-1-3-7-4-2-5/h1-5,12H,6-10H2,(H,15,16);5,7H,1-4H2,(H,8,9). The minimum Gasteiger partial charge on any atom is -0.481 e. The Kier molecular flexibility index (Phi) is 7.88. The van der Waals surface area contributed by atoms with Gasteiger partial charge in [-0.15, -0.1) is 0 Å². The van der Waals surface area contributed by atoms with Crippen molar-refractivity contribution in [3.63, 3.8) is 0 Å². The Balaban J connectivity index is 0.000000212. The number of aliphatic carboxylic acids is 2. The number of hydrogen-bond donors (Lipinski definition) is 3. The van der Waals surface area contributed by atoms with Crippen molar-refractivity contribution in [1.82, 2.24) is 10.2 Å². The van der Waals surface area contributed by atoms with Crippen LogP contribution in [0.1, 0.15) is 31.2 Å². The zero-order valence-electron chi connectivity index (χ0n) is 14.6. The second kappa shape index (κ2) is 10.2. The first-order valence-corrected chi connectivity index (χ1v) is 8.99. The second-order valence-corrected chi connectivity index (χ2v) is 6.74. The molecule has 0 saturated carbocycles. The molecule has 0 aromatic heterocycles. The number of likely N-dealkylation sites (tertiary alicyclic amines) is 1. The maximum atomic E-state index is 10.8. The van der Waals surface area contributed by atoms with Crippen molar-refractivity contribution in [3.05, 3.63) is 35.9 Å². The lowest BCUT2D eigenvalue weighted by molar-refractivity contribution is -0.144. The molecular weight excluding hydrogens is 320 g/mol. The van der Waals surface area contributed by atoms with Gasteiger partial charge in [0.2, 0.25) is 0 Å². The zero-order valence-corrected chi connectivity index (χ0v) is 14.6. The van der Waals surface area contributed by atoms with E-state index >= 15 is 0 Å². The zero-order chi connectivity index (χ0) is 18.1. The molecule has 6 nitrogen and oxygen atoms in total. The molecule has 0 spiro atoms. The molecule has 0 atom stereocenters. The van der Waals surface area contributed by atoms with Crippen molar-refractivity contribution in [3.8, 4) is 0 Å². The molecule has 2 aliphatic rings. The van der Waals surface area contributed by atoms with Gasteiger partial charge in [-0.3, -0.25) is 14.5 Å². The van der Waals surface area contributed by atoms with Crippen LogP contribution < -0.4 is 5.32 Å². The summed E-state index contributed by atoms with van der Waals surface area (Å²) < 4.78 is 0. The van der Waals surface area contributed by atoms with Gasteiger partial charge in [0.05, 0.1) is 11.8 Å². The predicted octanol–water partition coefficient (Wildman–Crippen LogP) is 2.05. The molecule has 0 aliphatic carbocycles. The number of nitrogens with one attached hydrogen (secondary N) is 1. The Morgan fingerprint density at radius 3 is 1.92 bits per heavy atom. The predicted molar refractivity (Wildman–Crippen MR) is 95.3 cm³/mol. The number of rotatable bonds is 4. The third-order valence-corrected chi connectivity index (χ3v) is 4.87. The van der Waals surface area contributed by atoms with Crippen LogP contribution >= 0.6 is 0 Å². The molecule has 3 rings (SSSR count). The number of hydrogen-bond acceptors (Lipinski definition) is 4. The Morgan fingerprint density at radius 1 is 0.920 bits per heavy atom. The number of benzene rings is 1. The van der Waals surface area contributed by atoms with Crippen molar-refractivity contribution in [2.45, 2.75) is 32.2 Å². The van der Waals surface area contributed by atoms with Crippen molar-refractivity contribution in [1.29, 1.82) is 0 Å². The van der Waals surface area contributed by atoms with Crippen LogP contribution in [0.4, 0.5) is 0 Å². The number of carboxylic acids is 2. The van der Waals surface area contributed by atoms with E-state index in [1.165, 1.54) is 5.56 Å². The number of nitrogens with zero attached hydrogens (tertiary/aromatic N) is 1. The van der Waals surface area contributed by atoms with E-state index in [2.05, 4.69) is 22.3 Å². The summed E-state index contributed by atoms with van der Waals surface area (Å²) in [5, 5.41) is 20.5. The monoisotopic (exact) mass is 348 g/mol. The molecule has 0 unspecified atom stereocenters. The highest BCUT2D eigenvalue weighted by molar-refractivity contribution is 5.70. The van der Waals surface area contributed by atoms with E-state index in [9.17, 15) is 9.59 Å². The Bertz CT molecular complexity index is 536. The molecule has 2 aliphatic heterocycles. The van der Waals surface area contributed by atoms with Crippen molar-refractivity contribution in [2.75, 3.05) is 26.2 Å². The summed E-state index contributed by atoms with van der Waals surface area (Å²) in [6.07, 6.45) is 3.13. The third-order valence-electron chi connectivity index (χ3n) is 4.87. The van der Waals surface area contributed by atoms with Gasteiger partial charge in [-0.2, -0.15) is 0 Å². The molecular formula is C19H28N2O4. The summed E-state index contributed by atoms with van der Waals surface area (Å²) in [5.41, 5.74) is 1.30. The fourth-order valence-corrected chi connectivity index (χ4v) is 3.25. The lowest BCUT2D eigenvalue weighted by Gasteiger charge is -2.29. The van der Waals surface area contributed by atoms with Gasteiger partial charge in [-0.25, -0.2) is 0 Å². The Morgan fingerprint density at radius 2 is 1.44 bits per heavy atom. The van der Waals surface area contributed by atoms with Crippen LogP contribution in [0, 0.1) is 11.8 Å². The number of carbonyl (C=O) groups is 2. The van der Waals surface area contributed by atoms with Gasteiger partial charge >= 0.3 is 11.9 Å². The minimum absolute atomic E-state index is 0.0914. The van der Waals surface area contributed by atoms with Gasteiger partial charge in [-0.05, 0) is 57.4 Å². The van der Waals surface area contributed by atoms with E-state index in [4.69, 9.17) is 10.2 Å². The molecule has 2 saturated heterocycles. The van der Waals surface area contributed by atoms with Gasteiger partial charge < -0.3 is 15.5 Å². The van der Waals surface area contributed by atoms with E-state index in [1.807, 2.05) is 18.2 Å². The number of carboxylic acid groups (broad SMARTS) is 2. The van der Waals surface area contributed by atoms with E-state index in [1.54, 1.807) is 0 Å². The Hall–Kier alpha value is -1.92. The SMILES string of the molecule is O=C(O)C1CCN(Cc2ccccc2)CC1.O=C(O)C1CCNCC1. The fourth-order valence-electron chi connectivity index (χ4n) is 3.25. The molecule has 2 heterocycles. The highest BCUT2D eigenvalue weighted by atomic mass is 16.4. The molecule has 6 heteroatoms. The molecule has 138 valence electrons. The average molecular weight is 348 g/mol. The summed E-state index contributed by atoms with van der Waals surface area (Å²) in [5.74, 6) is -1.51. The summed E-state index contributed by atoms with van der Waals surface area (Å²) in [6, 6.07) is 10.3. The Labute approximate surface area is 148 Å². The van der Waals surface area contributed by atoms with Crippen LogP contribution in [0.15, 0.2) is 30.3 Å². The van der Waals surface area contributed by atoms with E-state index in [0.29, 0.717) is 0 Å². The quantitative estimate of drug-likeness (QED) is 0.772. The first-order valence-electron chi connectivity index (χ1n) is 8.99. The summed E-state index contributed by atoms with van der Waals surface area (Å²) in [7, 11) is 0. The first kappa shape index (κ1) is 19.4. The van der Waals surface area contributed by atoms with Crippen molar-refractivity contribution in [2.24, 2.45) is 11.8 Å². The average Bonchev–Trinajstić information content (AvgIpc) is 2.64. The first-order chi connectivity index (χ1) is 12.1. The molecule has 0 bridgehead atoms. The summed E-state index contributed by atoms with van der Waals surface area (Å²) in [6.45, 7) is 4.44. The summed E-state index contributed by atoms with van der Waals surface area (Å²) >= 11 is 0. The van der Waals surface area contributed by atoms with E-state index < -0.39 is 11.9 Å². The maximum Gasteiger partial charge on any atom is 0.306 e. The lowest BCUT2D eigenvalue weighted by Crippen LogP contribution is -2.35. The topological polar surface area (TPSA) is 89.9 Å². The van der Waals surface area contributed by atoms with Crippen molar-refractivity contribution >= 4 is 11.9 Å². The minimum atomic E-state index is -0.642. The van der Waals surface area contributed by atoms with Crippen molar-refractivity contribution < 1.29 is 19.8 Å². The summed E-state index contributed by atoms with van der Waals surface area (Å²) in [4.78, 5) is 23.5. The van der Waals surface area contributed by atoms with Crippen LogP contribution in [0.5, 0.6) is 0 Å². The molecule has 3 N–H and O–H groups in total. The van der Waals surface area contributed by atoms with Crippen LogP contribution in [0.3, 0.4) is 0 Å². The largest absolute Gasteiger partial charge is 0.481 e. The molecule has 0 radical (unpaired) electrons. The van der Waals surface area contributed by atoms with E-state index in [-0.39, 0.29) is 11.8 Å². The maximum absolute atomic E-state index is 10.8. The highest BCUT2D eigenvalue weighted by Gasteiger charge is 2.24. The number of piperidine rings is 2. The van der Waals surface area contributed by atoms with Crippen LogP contribution in [0.25, 0.3) is 0 Å². The fraction of sp³-hybridized carbons (Fsp3) is 0.579. The lowest BCUT2D eigenvalue weighted by atomic mass is 9.97. The van der Waals surface area contributed by atoms with Crippen LogP contribution in [-0.4, -0.2) is 53.2 Å². The molecule has 0 amide bonds. The molecule has 1 aromatic rings. The second-order valence-electron chi connectivity index (χ2n) is 6.74. The van der Waals surface area contributed by atoms with Crippen LogP contribution in [-0.2, 0) is 16.1 Å². The van der Waals surface area contributed by atoms with Gasteiger partial charge in [0.1, 0.15) is 0 Å². The molecule has 25 heavy (non-hydrogen) atoms. The van der Waals surface area contributed by atoms with E-state index in [0.717, 1.165) is 58.4 Å². The van der Waals surface area contributed by atoms with Gasteiger partial charge in [0, 0.05) is 6.54 Å². The molecule has 2 fully saturated rings. The highest BCUT2D eigenvalue weighted by Crippen LogP contribution is 2.18. The van der Waals surface area contributed by atoms with Crippen LogP contribution in [0.2, 0.25) is 0 Å². The van der Waals surface area contributed by atoms with Gasteiger partial charge in [-0.1, -0.05) is 30.3 Å². The molecule has 1 aromatic carbocycles.